The van der Waals surface area contributed by atoms with Crippen molar-refractivity contribution in [1.82, 2.24) is 30.0 Å². The van der Waals surface area contributed by atoms with Gasteiger partial charge in [-0.25, -0.2) is 10.4 Å². The largest absolute Gasteiger partial charge is 0.466 e. The van der Waals surface area contributed by atoms with Crippen LogP contribution < -0.4 is 22.0 Å². The molecule has 0 spiro atoms. The third kappa shape index (κ3) is 3.76. The minimum atomic E-state index is -0.638. The number of rotatable bonds is 5. The van der Waals surface area contributed by atoms with E-state index in [4.69, 9.17) is 4.74 Å². The summed E-state index contributed by atoms with van der Waals surface area (Å²) in [6.07, 6.45) is 6.02. The number of esters is 1. The summed E-state index contributed by atoms with van der Waals surface area (Å²) >= 11 is 0. The van der Waals surface area contributed by atoms with Crippen LogP contribution in [-0.2, 0) is 16.1 Å². The van der Waals surface area contributed by atoms with E-state index in [1.807, 2.05) is 19.1 Å². The van der Waals surface area contributed by atoms with E-state index < -0.39 is 12.1 Å². The maximum atomic E-state index is 13.5. The highest BCUT2D eigenvalue weighted by molar-refractivity contribution is 5.91. The summed E-state index contributed by atoms with van der Waals surface area (Å²) in [5.74, 6) is -0.985. The van der Waals surface area contributed by atoms with E-state index in [0.717, 1.165) is 5.56 Å². The van der Waals surface area contributed by atoms with E-state index in [0.29, 0.717) is 28.4 Å². The van der Waals surface area contributed by atoms with E-state index in [1.165, 1.54) is 4.57 Å². The molecule has 1 fully saturated rings. The highest BCUT2D eigenvalue weighted by atomic mass is 16.5. The lowest BCUT2D eigenvalue weighted by Gasteiger charge is -2.21. The predicted molar refractivity (Wildman–Crippen MR) is 126 cm³/mol. The van der Waals surface area contributed by atoms with Crippen molar-refractivity contribution in [3.8, 4) is 0 Å². The number of aromatic nitrogens is 4. The first-order valence-electron chi connectivity index (χ1n) is 11.1. The minimum Gasteiger partial charge on any atom is -0.466 e. The molecule has 4 aromatic heterocycles. The Morgan fingerprint density at radius 2 is 1.74 bits per heavy atom. The quantitative estimate of drug-likeness (QED) is 0.338. The molecule has 0 amide bonds. The van der Waals surface area contributed by atoms with Gasteiger partial charge in [-0.3, -0.25) is 29.4 Å². The average Bonchev–Trinajstić information content (AvgIpc) is 3.22. The van der Waals surface area contributed by atoms with Gasteiger partial charge >= 0.3 is 5.97 Å². The molecule has 3 unspecified atom stereocenters. The van der Waals surface area contributed by atoms with Crippen molar-refractivity contribution in [3.63, 3.8) is 0 Å². The van der Waals surface area contributed by atoms with Crippen LogP contribution in [0, 0.1) is 5.92 Å². The monoisotopic (exact) mass is 460 g/mol. The number of nitrogens with zero attached hydrogens (tertiary/aromatic N) is 4. The molecule has 0 aromatic carbocycles. The van der Waals surface area contributed by atoms with E-state index in [-0.39, 0.29) is 29.7 Å². The summed E-state index contributed by atoms with van der Waals surface area (Å²) in [6.45, 7) is 4.23. The normalized spacial score (nSPS) is 20.1. The number of ether oxygens (including phenoxy) is 1. The van der Waals surface area contributed by atoms with Crippen LogP contribution in [0.1, 0.15) is 25.6 Å². The molecule has 3 atom stereocenters. The maximum absolute atomic E-state index is 13.5. The van der Waals surface area contributed by atoms with Crippen LogP contribution in [0.15, 0.2) is 64.7 Å². The Kier molecular flexibility index (Phi) is 5.68. The molecule has 1 aliphatic rings. The van der Waals surface area contributed by atoms with Gasteiger partial charge in [0.1, 0.15) is 12.1 Å². The lowest BCUT2D eigenvalue weighted by atomic mass is 10.00. The van der Waals surface area contributed by atoms with Crippen molar-refractivity contribution < 1.29 is 9.53 Å². The van der Waals surface area contributed by atoms with Gasteiger partial charge in [-0.05, 0) is 49.7 Å². The molecule has 10 heteroatoms. The Balaban J connectivity index is 1.60. The van der Waals surface area contributed by atoms with Gasteiger partial charge in [-0.2, -0.15) is 0 Å². The SMILES string of the molecule is CCOC(=O)C1C(C)NNC1n1ccc2nc3ccn(Cc4ccncc4)c(=O)c3cc2c1=O. The van der Waals surface area contributed by atoms with Crippen LogP contribution in [0.3, 0.4) is 0 Å². The molecule has 10 nitrogen and oxygen atoms in total. The van der Waals surface area contributed by atoms with Crippen molar-refractivity contribution in [2.75, 3.05) is 6.61 Å². The fraction of sp³-hybridized carbons (Fsp3) is 0.292. The van der Waals surface area contributed by atoms with Crippen LogP contribution >= 0.6 is 0 Å². The zero-order valence-corrected chi connectivity index (χ0v) is 18.8. The first-order chi connectivity index (χ1) is 16.5. The Labute approximate surface area is 194 Å². The van der Waals surface area contributed by atoms with Gasteiger partial charge in [0.2, 0.25) is 0 Å². The highest BCUT2D eigenvalue weighted by Crippen LogP contribution is 2.25. The number of pyridine rings is 4. The Bertz CT molecular complexity index is 1500. The molecule has 174 valence electrons. The Morgan fingerprint density at radius 1 is 1.03 bits per heavy atom. The smallest absolute Gasteiger partial charge is 0.314 e. The summed E-state index contributed by atoms with van der Waals surface area (Å²) in [4.78, 5) is 47.8. The van der Waals surface area contributed by atoms with Gasteiger partial charge in [0.15, 0.2) is 0 Å². The van der Waals surface area contributed by atoms with Crippen molar-refractivity contribution >= 4 is 27.8 Å². The topological polar surface area (TPSA) is 120 Å². The van der Waals surface area contributed by atoms with E-state index >= 15 is 0 Å². The van der Waals surface area contributed by atoms with Gasteiger partial charge in [0, 0.05) is 30.8 Å². The van der Waals surface area contributed by atoms with E-state index in [1.54, 1.807) is 54.5 Å². The molecule has 5 rings (SSSR count). The second kappa shape index (κ2) is 8.81. The zero-order chi connectivity index (χ0) is 23.8. The summed E-state index contributed by atoms with van der Waals surface area (Å²) in [7, 11) is 0. The van der Waals surface area contributed by atoms with Crippen molar-refractivity contribution in [3.05, 3.63) is 81.4 Å². The highest BCUT2D eigenvalue weighted by Gasteiger charge is 2.41. The third-order valence-electron chi connectivity index (χ3n) is 6.14. The number of hydrogen-bond donors (Lipinski definition) is 2. The Hall–Kier alpha value is -3.89. The second-order valence-corrected chi connectivity index (χ2v) is 8.29. The van der Waals surface area contributed by atoms with Crippen molar-refractivity contribution in [2.24, 2.45) is 5.92 Å². The second-order valence-electron chi connectivity index (χ2n) is 8.29. The molecule has 0 saturated carbocycles. The summed E-state index contributed by atoms with van der Waals surface area (Å²) in [6, 6.07) is 8.53. The number of hydrogen-bond acceptors (Lipinski definition) is 8. The molecule has 2 N–H and O–H groups in total. The molecule has 0 aliphatic carbocycles. The number of carbonyl (C=O) groups excluding carboxylic acids is 1. The molecular formula is C24H24N6O4. The number of carbonyl (C=O) groups is 1. The van der Waals surface area contributed by atoms with Gasteiger partial charge in [0.05, 0.1) is 35.0 Å². The van der Waals surface area contributed by atoms with Gasteiger partial charge in [-0.1, -0.05) is 0 Å². The molecule has 1 saturated heterocycles. The first kappa shape index (κ1) is 21.9. The molecule has 4 aromatic rings. The number of fused-ring (bicyclic) bond motifs is 2. The number of nitrogens with one attached hydrogen (secondary N) is 2. The summed E-state index contributed by atoms with van der Waals surface area (Å²) in [5, 5.41) is 0.657. The summed E-state index contributed by atoms with van der Waals surface area (Å²) < 4.78 is 8.24. The van der Waals surface area contributed by atoms with Gasteiger partial charge in [-0.15, -0.1) is 0 Å². The minimum absolute atomic E-state index is 0.234. The maximum Gasteiger partial charge on any atom is 0.314 e. The van der Waals surface area contributed by atoms with Gasteiger partial charge in [0.25, 0.3) is 11.1 Å². The van der Waals surface area contributed by atoms with E-state index in [9.17, 15) is 14.4 Å². The predicted octanol–water partition coefficient (Wildman–Crippen LogP) is 1.33. The lowest BCUT2D eigenvalue weighted by Crippen LogP contribution is -2.38. The molecule has 0 radical (unpaired) electrons. The molecule has 34 heavy (non-hydrogen) atoms. The zero-order valence-electron chi connectivity index (χ0n) is 18.8. The van der Waals surface area contributed by atoms with Crippen LogP contribution in [0.4, 0.5) is 0 Å². The Morgan fingerprint density at radius 3 is 2.47 bits per heavy atom. The molecule has 1 aliphatic heterocycles. The summed E-state index contributed by atoms with van der Waals surface area (Å²) in [5.41, 5.74) is 7.38. The van der Waals surface area contributed by atoms with Crippen LogP contribution in [0.2, 0.25) is 0 Å². The van der Waals surface area contributed by atoms with Crippen molar-refractivity contribution in [2.45, 2.75) is 32.6 Å². The first-order valence-corrected chi connectivity index (χ1v) is 11.1. The third-order valence-corrected chi connectivity index (χ3v) is 6.14. The standard InChI is InChI=1S/C24H24N6O4/c1-3-34-24(33)20-14(2)27-28-21(20)30-11-7-19-17(23(30)32)12-16-18(26-19)6-10-29(22(16)31)13-15-4-8-25-9-5-15/h4-12,14,20-21,27-28H,3,13H2,1-2H3. The number of hydrazine groups is 1. The molecule has 5 heterocycles. The molecule has 0 bridgehead atoms. The lowest BCUT2D eigenvalue weighted by molar-refractivity contribution is -0.149. The molecular weight excluding hydrogens is 436 g/mol. The van der Waals surface area contributed by atoms with Crippen molar-refractivity contribution in [1.29, 1.82) is 0 Å². The van der Waals surface area contributed by atoms with Gasteiger partial charge < -0.3 is 9.30 Å². The van der Waals surface area contributed by atoms with E-state index in [2.05, 4.69) is 20.8 Å². The fourth-order valence-electron chi connectivity index (χ4n) is 4.39. The van der Waals surface area contributed by atoms with Crippen LogP contribution in [-0.4, -0.2) is 37.7 Å². The average molecular weight is 460 g/mol. The van der Waals surface area contributed by atoms with Crippen LogP contribution in [0.5, 0.6) is 0 Å². The van der Waals surface area contributed by atoms with Crippen LogP contribution in [0.25, 0.3) is 21.8 Å². The fourth-order valence-corrected chi connectivity index (χ4v) is 4.39.